The van der Waals surface area contributed by atoms with Gasteiger partial charge in [-0.1, -0.05) is 0 Å². The van der Waals surface area contributed by atoms with Gasteiger partial charge in [-0.05, 0) is 0 Å². The Morgan fingerprint density at radius 3 is 1.60 bits per heavy atom. The molecule has 0 aromatic carbocycles. The van der Waals surface area contributed by atoms with E-state index in [4.69, 9.17) is 19.9 Å². The molecule has 4 bridgehead atoms. The second kappa shape index (κ2) is 3.86. The molecule has 4 nitrogen and oxygen atoms in total. The first kappa shape index (κ1) is 25.0. The molecule has 16 rings (SSSR count). The van der Waals surface area contributed by atoms with Crippen molar-refractivity contribution < 1.29 is 6.51 Å². The molecule has 240 valence electrons. The Hall–Kier alpha value is -0.0268. The molecule has 1 spiro atoms. The minimum absolute atomic E-state index is 0.249. The van der Waals surface area contributed by atoms with Crippen molar-refractivity contribution in [2.45, 2.75) is 122 Å². The van der Waals surface area contributed by atoms with E-state index in [0.717, 1.165) is 36.4 Å². The average Bonchev–Trinajstić information content (AvgIpc) is 3.95. The fourth-order valence-electron chi connectivity index (χ4n) is 30.8. The molecule has 2 aromatic heterocycles. The third kappa shape index (κ3) is 0.618. The van der Waals surface area contributed by atoms with Crippen molar-refractivity contribution in [3.63, 3.8) is 0 Å². The number of aromatic nitrogens is 4. The standard InChI is InChI=1S/C31H45N4P2Si2.C5H5.Fe/c1-38(2,3)25-16-24(31(37,26-17-32-7-9-34-26)27-18-33-8-10-35-27)28(29(25)39(4,5)6)30(19-36)22-12-20-11-21(14-22)15-23(30)13-20;1-2-4-5-3-1;/h7-10,16-18,20-23H,11-15,19,36-37H2,1-6H3;1-5H;. The number of fused-ring (bicyclic) bond motifs is 11. The van der Waals surface area contributed by atoms with Crippen LogP contribution in [0.15, 0.2) is 37.2 Å². The summed E-state index contributed by atoms with van der Waals surface area (Å²) < 4.78 is 2.63. The first-order valence-electron chi connectivity index (χ1n) is 18.4. The Morgan fingerprint density at radius 2 is 1.24 bits per heavy atom. The van der Waals surface area contributed by atoms with E-state index in [9.17, 15) is 0 Å². The van der Waals surface area contributed by atoms with Crippen LogP contribution >= 0.6 is 18.5 Å². The first-order valence-corrected chi connectivity index (χ1v) is 32.8. The zero-order valence-electron chi connectivity index (χ0n) is 27.8. The van der Waals surface area contributed by atoms with Crippen LogP contribution in [0.3, 0.4) is 0 Å². The van der Waals surface area contributed by atoms with E-state index >= 15 is 0 Å². The van der Waals surface area contributed by atoms with Crippen LogP contribution in [0.2, 0.25) is 84.7 Å². The maximum absolute atomic E-state index is 5.39. The van der Waals surface area contributed by atoms with E-state index in [0.29, 0.717) is 14.0 Å². The summed E-state index contributed by atoms with van der Waals surface area (Å²) in [5.74, 6) is 3.98. The van der Waals surface area contributed by atoms with Crippen LogP contribution in [0, 0.1) is 29.1 Å². The van der Waals surface area contributed by atoms with Crippen molar-refractivity contribution in [1.29, 1.82) is 0 Å². The molecule has 0 radical (unpaired) electrons. The molecule has 7 atom stereocenters. The summed E-state index contributed by atoms with van der Waals surface area (Å²) in [6.07, 6.45) is 21.5. The molecular formula is C36H50FeN4P2Si2. The van der Waals surface area contributed by atoms with E-state index in [1.54, 1.807) is 32.1 Å². The van der Waals surface area contributed by atoms with Gasteiger partial charge in [0.25, 0.3) is 0 Å². The van der Waals surface area contributed by atoms with Crippen LogP contribution in [0.5, 0.6) is 0 Å². The molecule has 12 heterocycles. The maximum atomic E-state index is 5.39. The van der Waals surface area contributed by atoms with Crippen molar-refractivity contribution in [3.05, 3.63) is 48.6 Å². The molecular weight excluding hydrogens is 662 g/mol. The second-order valence-corrected chi connectivity index (χ2v) is 58.3. The van der Waals surface area contributed by atoms with E-state index in [1.807, 2.05) is 24.8 Å². The van der Waals surface area contributed by atoms with Gasteiger partial charge in [-0.25, -0.2) is 0 Å². The van der Waals surface area contributed by atoms with Crippen molar-refractivity contribution >= 4 is 34.6 Å². The molecule has 14 fully saturated rings. The Balaban J connectivity index is 1.20. The van der Waals surface area contributed by atoms with E-state index in [2.05, 4.69) is 70.2 Å². The van der Waals surface area contributed by atoms with Gasteiger partial charge in [-0.15, -0.1) is 0 Å². The van der Waals surface area contributed by atoms with Gasteiger partial charge in [0.1, 0.15) is 0 Å². The quantitative estimate of drug-likeness (QED) is 0.212. The molecule has 14 aliphatic rings. The average molecular weight is 713 g/mol. The van der Waals surface area contributed by atoms with Gasteiger partial charge in [0.2, 0.25) is 0 Å². The SMILES string of the molecule is C[Si](C)(C)[C]12[CH]3[C]4(C(P)(c5cnccn5)c5cnccn5)[C]5(C6(CP)C7CC8CC(C7)CC6C8)[C]1([Si](C)(C)C)[Fe]34521678[CH]2[CH]1[CH]6[CH]7[CH]28. The molecule has 4 aliphatic carbocycles. The van der Waals surface area contributed by atoms with Crippen molar-refractivity contribution in [3.8, 4) is 0 Å². The van der Waals surface area contributed by atoms with Crippen LogP contribution in [-0.4, -0.2) is 42.2 Å². The van der Waals surface area contributed by atoms with E-state index in [1.165, 1.54) is 41.6 Å². The molecule has 10 saturated heterocycles. The fourth-order valence-corrected chi connectivity index (χ4v) is 172. The summed E-state index contributed by atoms with van der Waals surface area (Å²) in [6.45, 7) is 13.0. The Kier molecular flexibility index (Phi) is 2.15. The summed E-state index contributed by atoms with van der Waals surface area (Å²) in [5.41, 5.74) is 3.01. The molecule has 2 aromatic rings. The predicted octanol–water partition coefficient (Wildman–Crippen LogP) is 9.33. The van der Waals surface area contributed by atoms with E-state index < -0.39 is 22.7 Å². The van der Waals surface area contributed by atoms with Gasteiger partial charge in [0, 0.05) is 0 Å². The molecule has 9 heteroatoms. The topological polar surface area (TPSA) is 51.6 Å². The van der Waals surface area contributed by atoms with Crippen LogP contribution in [-0.2, 0) is 11.7 Å². The van der Waals surface area contributed by atoms with Crippen LogP contribution in [0.1, 0.15) is 43.5 Å². The molecule has 0 amide bonds. The zero-order chi connectivity index (χ0) is 30.6. The van der Waals surface area contributed by atoms with E-state index in [-0.39, 0.29) is 5.16 Å². The number of nitrogens with zero attached hydrogens (tertiary/aromatic N) is 4. The van der Waals surface area contributed by atoms with Gasteiger partial charge in [-0.3, -0.25) is 0 Å². The normalized spacial score (nSPS) is 72.4. The van der Waals surface area contributed by atoms with Gasteiger partial charge in [0.15, 0.2) is 0 Å². The first-order chi connectivity index (χ1) is 21.2. The van der Waals surface area contributed by atoms with Gasteiger partial charge in [0.05, 0.1) is 0 Å². The Labute approximate surface area is 265 Å². The van der Waals surface area contributed by atoms with Gasteiger partial charge in [-0.2, -0.15) is 0 Å². The van der Waals surface area contributed by atoms with Crippen LogP contribution in [0.25, 0.3) is 0 Å². The fraction of sp³-hybridized carbons (Fsp3) is 0.778. The van der Waals surface area contributed by atoms with Gasteiger partial charge < -0.3 is 0 Å². The summed E-state index contributed by atoms with van der Waals surface area (Å²) in [5, 5.41) is -0.249. The molecule has 45 heavy (non-hydrogen) atoms. The van der Waals surface area contributed by atoms with Crippen LogP contribution < -0.4 is 0 Å². The molecule has 7 unspecified atom stereocenters. The number of rotatable bonds is 7. The minimum atomic E-state index is -4.66. The Bertz CT molecular complexity index is 2220. The third-order valence-corrected chi connectivity index (χ3v) is 89.8. The molecule has 0 N–H and O–H groups in total. The Morgan fingerprint density at radius 1 is 0.756 bits per heavy atom. The zero-order valence-corrected chi connectivity index (χ0v) is 33.2. The number of hydrogen-bond acceptors (Lipinski definition) is 4. The van der Waals surface area contributed by atoms with Crippen LogP contribution in [0.4, 0.5) is 0 Å². The monoisotopic (exact) mass is 712 g/mol. The number of hydrogen-bond donors (Lipinski definition) is 0. The summed E-state index contributed by atoms with van der Waals surface area (Å²) in [7, 11) is 4.11. The van der Waals surface area contributed by atoms with Crippen molar-refractivity contribution in [2.75, 3.05) is 6.16 Å². The summed E-state index contributed by atoms with van der Waals surface area (Å²) >= 11 is 0. The second-order valence-electron chi connectivity index (χ2n) is 22.9. The van der Waals surface area contributed by atoms with Gasteiger partial charge >= 0.3 is 267 Å². The van der Waals surface area contributed by atoms with Crippen molar-refractivity contribution in [2.24, 2.45) is 29.1 Å². The predicted molar refractivity (Wildman–Crippen MR) is 189 cm³/mol. The summed E-state index contributed by atoms with van der Waals surface area (Å²) in [4.78, 5) is 27.6. The summed E-state index contributed by atoms with van der Waals surface area (Å²) in [6, 6.07) is 0. The van der Waals surface area contributed by atoms with Crippen molar-refractivity contribution in [1.82, 2.24) is 19.9 Å². The molecule has 4 saturated carbocycles. The third-order valence-electron chi connectivity index (χ3n) is 25.4. The molecule has 10 aliphatic heterocycles.